The fourth-order valence-corrected chi connectivity index (χ4v) is 2.15. The number of amides is 1. The summed E-state index contributed by atoms with van der Waals surface area (Å²) in [6.07, 6.45) is 3.80. The van der Waals surface area contributed by atoms with Crippen LogP contribution in [0.3, 0.4) is 0 Å². The van der Waals surface area contributed by atoms with Crippen molar-refractivity contribution in [1.29, 1.82) is 0 Å². The number of carbonyl (C=O) groups excluding carboxylic acids is 1. The molecule has 0 radical (unpaired) electrons. The lowest BCUT2D eigenvalue weighted by atomic mass is 10.1. The normalized spacial score (nSPS) is 15.7. The lowest BCUT2D eigenvalue weighted by Gasteiger charge is -2.16. The summed E-state index contributed by atoms with van der Waals surface area (Å²) in [5.41, 5.74) is 1.45. The molecule has 1 saturated heterocycles. The molecule has 15 heavy (non-hydrogen) atoms. The number of carbonyl (C=O) groups is 1. The average Bonchev–Trinajstić information content (AvgIpc) is 2.69. The van der Waals surface area contributed by atoms with Crippen LogP contribution in [0.15, 0.2) is 12.3 Å². The minimum Gasteiger partial charge on any atom is -0.339 e. The third kappa shape index (κ3) is 1.97. The van der Waals surface area contributed by atoms with Crippen molar-refractivity contribution < 1.29 is 4.79 Å². The van der Waals surface area contributed by atoms with Crippen LogP contribution < -0.4 is 0 Å². The van der Waals surface area contributed by atoms with Crippen molar-refractivity contribution in [3.63, 3.8) is 0 Å². The average molecular weight is 225 g/mol. The third-order valence-electron chi connectivity index (χ3n) is 2.72. The number of aromatic nitrogens is 1. The fraction of sp³-hybridized carbons (Fsp3) is 0.455. The number of aryl methyl sites for hydroxylation is 1. The summed E-state index contributed by atoms with van der Waals surface area (Å²) in [5.74, 6) is 0.0168. The summed E-state index contributed by atoms with van der Waals surface area (Å²) in [4.78, 5) is 17.9. The quantitative estimate of drug-likeness (QED) is 0.686. The molecule has 1 aliphatic rings. The Labute approximate surface area is 94.1 Å². The van der Waals surface area contributed by atoms with Crippen molar-refractivity contribution in [1.82, 2.24) is 9.88 Å². The summed E-state index contributed by atoms with van der Waals surface area (Å²) in [5, 5.41) is 0.312. The topological polar surface area (TPSA) is 33.2 Å². The lowest BCUT2D eigenvalue weighted by molar-refractivity contribution is 0.0792. The number of pyridine rings is 1. The van der Waals surface area contributed by atoms with Gasteiger partial charge in [-0.15, -0.1) is 0 Å². The number of rotatable bonds is 1. The van der Waals surface area contributed by atoms with Crippen LogP contribution in [-0.2, 0) is 0 Å². The van der Waals surface area contributed by atoms with Gasteiger partial charge in [-0.05, 0) is 31.4 Å². The molecule has 1 aromatic heterocycles. The highest BCUT2D eigenvalue weighted by Gasteiger charge is 2.23. The summed E-state index contributed by atoms with van der Waals surface area (Å²) in [6, 6.07) is 1.81. The molecule has 4 heteroatoms. The first-order valence-corrected chi connectivity index (χ1v) is 5.48. The van der Waals surface area contributed by atoms with Gasteiger partial charge in [-0.1, -0.05) is 11.6 Å². The van der Waals surface area contributed by atoms with Crippen LogP contribution in [0.5, 0.6) is 0 Å². The molecule has 2 rings (SSSR count). The van der Waals surface area contributed by atoms with Gasteiger partial charge in [0.25, 0.3) is 5.91 Å². The molecule has 0 bridgehead atoms. The molecular formula is C11H13ClN2O. The second kappa shape index (κ2) is 4.19. The van der Waals surface area contributed by atoms with Gasteiger partial charge in [-0.3, -0.25) is 4.79 Å². The largest absolute Gasteiger partial charge is 0.339 e. The van der Waals surface area contributed by atoms with Gasteiger partial charge in [-0.25, -0.2) is 4.98 Å². The summed E-state index contributed by atoms with van der Waals surface area (Å²) in [7, 11) is 0. The number of nitrogens with zero attached hydrogens (tertiary/aromatic N) is 2. The Bertz CT molecular complexity index is 366. The van der Waals surface area contributed by atoms with Crippen LogP contribution in [0.4, 0.5) is 0 Å². The number of halogens is 1. The molecule has 1 fully saturated rings. The predicted octanol–water partition coefficient (Wildman–Crippen LogP) is 2.28. The molecule has 0 N–H and O–H groups in total. The van der Waals surface area contributed by atoms with Crippen molar-refractivity contribution in [3.8, 4) is 0 Å². The molecule has 0 saturated carbocycles. The molecular weight excluding hydrogens is 212 g/mol. The van der Waals surface area contributed by atoms with E-state index in [1.54, 1.807) is 6.20 Å². The monoisotopic (exact) mass is 224 g/mol. The third-order valence-corrected chi connectivity index (χ3v) is 3.01. The zero-order valence-electron chi connectivity index (χ0n) is 8.66. The second-order valence-electron chi connectivity index (χ2n) is 3.79. The van der Waals surface area contributed by atoms with E-state index in [0.717, 1.165) is 31.5 Å². The molecule has 3 nitrogen and oxygen atoms in total. The zero-order valence-corrected chi connectivity index (χ0v) is 9.42. The minimum atomic E-state index is 0.0168. The van der Waals surface area contributed by atoms with Crippen LogP contribution >= 0.6 is 11.6 Å². The zero-order chi connectivity index (χ0) is 10.8. The molecule has 2 heterocycles. The standard InChI is InChI=1S/C11H13ClN2O/c1-8-4-5-13-10(12)9(8)11(15)14-6-2-3-7-14/h4-5H,2-3,6-7H2,1H3. The molecule has 0 unspecified atom stereocenters. The summed E-state index contributed by atoms with van der Waals surface area (Å²) in [6.45, 7) is 3.56. The first-order chi connectivity index (χ1) is 7.20. The van der Waals surface area contributed by atoms with Gasteiger partial charge in [0, 0.05) is 19.3 Å². The Morgan fingerprint density at radius 3 is 2.73 bits per heavy atom. The van der Waals surface area contributed by atoms with Crippen molar-refractivity contribution in [2.24, 2.45) is 0 Å². The highest BCUT2D eigenvalue weighted by molar-refractivity contribution is 6.32. The van der Waals surface area contributed by atoms with Gasteiger partial charge in [0.2, 0.25) is 0 Å². The van der Waals surface area contributed by atoms with Crippen LogP contribution in [0.1, 0.15) is 28.8 Å². The maximum absolute atomic E-state index is 12.1. The van der Waals surface area contributed by atoms with E-state index in [4.69, 9.17) is 11.6 Å². The van der Waals surface area contributed by atoms with Crippen LogP contribution in [0.2, 0.25) is 5.15 Å². The van der Waals surface area contributed by atoms with Gasteiger partial charge in [0.15, 0.2) is 0 Å². The number of hydrogen-bond donors (Lipinski definition) is 0. The van der Waals surface area contributed by atoms with E-state index >= 15 is 0 Å². The molecule has 0 aromatic carbocycles. The van der Waals surface area contributed by atoms with E-state index < -0.39 is 0 Å². The van der Waals surface area contributed by atoms with Crippen LogP contribution in [0.25, 0.3) is 0 Å². The van der Waals surface area contributed by atoms with E-state index in [1.165, 1.54) is 0 Å². The maximum Gasteiger partial charge on any atom is 0.257 e. The Morgan fingerprint density at radius 2 is 2.13 bits per heavy atom. The van der Waals surface area contributed by atoms with Crippen LogP contribution in [-0.4, -0.2) is 28.9 Å². The number of likely N-dealkylation sites (tertiary alicyclic amines) is 1. The first-order valence-electron chi connectivity index (χ1n) is 5.10. The maximum atomic E-state index is 12.1. The highest BCUT2D eigenvalue weighted by Crippen LogP contribution is 2.21. The van der Waals surface area contributed by atoms with Crippen molar-refractivity contribution >= 4 is 17.5 Å². The molecule has 80 valence electrons. The predicted molar refractivity (Wildman–Crippen MR) is 59.1 cm³/mol. The Morgan fingerprint density at radius 1 is 1.47 bits per heavy atom. The minimum absolute atomic E-state index is 0.0168. The highest BCUT2D eigenvalue weighted by atomic mass is 35.5. The molecule has 0 aliphatic carbocycles. The van der Waals surface area contributed by atoms with E-state index in [2.05, 4.69) is 4.98 Å². The van der Waals surface area contributed by atoms with Crippen LogP contribution in [0, 0.1) is 6.92 Å². The molecule has 0 atom stereocenters. The molecule has 1 aliphatic heterocycles. The Hall–Kier alpha value is -1.09. The van der Waals surface area contributed by atoms with Crippen molar-refractivity contribution in [2.75, 3.05) is 13.1 Å². The Kier molecular flexibility index (Phi) is 2.91. The van der Waals surface area contributed by atoms with E-state index in [9.17, 15) is 4.79 Å². The Balaban J connectivity index is 2.32. The van der Waals surface area contributed by atoms with Crippen molar-refractivity contribution in [2.45, 2.75) is 19.8 Å². The smallest absolute Gasteiger partial charge is 0.257 e. The molecule has 1 amide bonds. The molecule has 0 spiro atoms. The number of hydrogen-bond acceptors (Lipinski definition) is 2. The second-order valence-corrected chi connectivity index (χ2v) is 4.15. The van der Waals surface area contributed by atoms with Crippen molar-refractivity contribution in [3.05, 3.63) is 28.5 Å². The van der Waals surface area contributed by atoms with Gasteiger partial charge in [-0.2, -0.15) is 0 Å². The van der Waals surface area contributed by atoms with Gasteiger partial charge < -0.3 is 4.90 Å². The summed E-state index contributed by atoms with van der Waals surface area (Å²) < 4.78 is 0. The fourth-order valence-electron chi connectivity index (χ4n) is 1.86. The van der Waals surface area contributed by atoms with Gasteiger partial charge >= 0.3 is 0 Å². The lowest BCUT2D eigenvalue weighted by Crippen LogP contribution is -2.28. The van der Waals surface area contributed by atoms with Gasteiger partial charge in [0.1, 0.15) is 5.15 Å². The first kappa shape index (κ1) is 10.4. The summed E-state index contributed by atoms with van der Waals surface area (Å²) >= 11 is 5.94. The van der Waals surface area contributed by atoms with Gasteiger partial charge in [0.05, 0.1) is 5.56 Å². The van der Waals surface area contributed by atoms with E-state index in [1.807, 2.05) is 17.9 Å². The SMILES string of the molecule is Cc1ccnc(Cl)c1C(=O)N1CCCC1. The van der Waals surface area contributed by atoms with E-state index in [-0.39, 0.29) is 5.91 Å². The molecule has 1 aromatic rings. The van der Waals surface area contributed by atoms with E-state index in [0.29, 0.717) is 10.7 Å².